The van der Waals surface area contributed by atoms with E-state index in [9.17, 15) is 14.7 Å². The van der Waals surface area contributed by atoms with Gasteiger partial charge in [0.25, 0.3) is 5.91 Å². The van der Waals surface area contributed by atoms with E-state index < -0.39 is 12.1 Å². The van der Waals surface area contributed by atoms with Crippen molar-refractivity contribution in [1.29, 1.82) is 0 Å². The molecule has 0 aliphatic carbocycles. The Hall–Kier alpha value is -3.92. The van der Waals surface area contributed by atoms with E-state index in [0.717, 1.165) is 26.8 Å². The van der Waals surface area contributed by atoms with Crippen LogP contribution in [0, 0.1) is 0 Å². The molecule has 4 aromatic rings. The minimum atomic E-state index is -0.630. The van der Waals surface area contributed by atoms with Crippen molar-refractivity contribution >= 4 is 29.2 Å². The highest BCUT2D eigenvalue weighted by molar-refractivity contribution is 6.24. The lowest BCUT2D eigenvalue weighted by atomic mass is 10.0. The molecule has 0 fully saturated rings. The largest absolute Gasteiger partial charge is 0.491 e. The first kappa shape index (κ1) is 30.0. The number of ether oxygens (including phenoxy) is 1. The summed E-state index contributed by atoms with van der Waals surface area (Å²) in [6.45, 7) is 5.93. The molecule has 0 spiro atoms. The van der Waals surface area contributed by atoms with Crippen molar-refractivity contribution in [2.45, 2.75) is 45.4 Å². The van der Waals surface area contributed by atoms with Crippen LogP contribution >= 0.6 is 11.8 Å². The number of nitrogens with zero attached hydrogens (tertiary/aromatic N) is 3. The third-order valence-electron chi connectivity index (χ3n) is 6.54. The lowest BCUT2D eigenvalue weighted by Crippen LogP contribution is -2.45. The van der Waals surface area contributed by atoms with Crippen molar-refractivity contribution in [2.75, 3.05) is 20.1 Å². The molecule has 2 heterocycles. The molecule has 0 saturated carbocycles. The maximum absolute atomic E-state index is 13.3. The van der Waals surface area contributed by atoms with E-state index in [4.69, 9.17) is 21.5 Å². The van der Waals surface area contributed by atoms with Gasteiger partial charge < -0.3 is 24.9 Å². The van der Waals surface area contributed by atoms with Crippen molar-refractivity contribution in [3.8, 4) is 17.0 Å². The number of imidazole rings is 1. The lowest BCUT2D eigenvalue weighted by Gasteiger charge is -2.26. The van der Waals surface area contributed by atoms with Gasteiger partial charge in [0.2, 0.25) is 5.91 Å². The van der Waals surface area contributed by atoms with Gasteiger partial charge in [-0.2, -0.15) is 0 Å². The van der Waals surface area contributed by atoms with Crippen molar-refractivity contribution in [3.05, 3.63) is 89.7 Å². The van der Waals surface area contributed by atoms with E-state index in [0.29, 0.717) is 23.4 Å². The molecule has 0 aliphatic rings. The molecule has 2 atom stereocenters. The third kappa shape index (κ3) is 7.64. The van der Waals surface area contributed by atoms with Gasteiger partial charge in [-0.1, -0.05) is 30.3 Å². The smallest absolute Gasteiger partial charge is 0.268 e. The second kappa shape index (κ2) is 13.6. The average Bonchev–Trinajstić information content (AvgIpc) is 3.39. The van der Waals surface area contributed by atoms with Crippen molar-refractivity contribution in [3.63, 3.8) is 0 Å². The van der Waals surface area contributed by atoms with Crippen LogP contribution in [0.1, 0.15) is 48.4 Å². The highest BCUT2D eigenvalue weighted by atomic mass is 35.5. The van der Waals surface area contributed by atoms with Crippen LogP contribution in [-0.2, 0) is 11.2 Å². The number of aliphatic hydroxyl groups excluding tert-OH is 1. The minimum absolute atomic E-state index is 0.0208. The van der Waals surface area contributed by atoms with Gasteiger partial charge in [-0.05, 0) is 70.1 Å². The Balaban J connectivity index is 1.52. The number of halogens is 1. The second-order valence-electron chi connectivity index (χ2n) is 10.2. The number of nitrogens with one attached hydrogen (secondary N) is 2. The maximum Gasteiger partial charge on any atom is 0.268 e. The molecule has 2 amide bonds. The molecule has 0 aliphatic heterocycles. The summed E-state index contributed by atoms with van der Waals surface area (Å²) in [5.41, 5.74) is 4.51. The minimum Gasteiger partial charge on any atom is -0.491 e. The van der Waals surface area contributed by atoms with Crippen molar-refractivity contribution < 1.29 is 19.4 Å². The number of fused-ring (bicyclic) bond motifs is 1. The number of rotatable bonds is 12. The van der Waals surface area contributed by atoms with Gasteiger partial charge in [0.15, 0.2) is 0 Å². The number of amides is 2. The van der Waals surface area contributed by atoms with Crippen LogP contribution in [0.2, 0.25) is 0 Å². The van der Waals surface area contributed by atoms with Gasteiger partial charge in [0.1, 0.15) is 11.4 Å². The standard InChI is InChI=1S/C31H36ClN5O4/c1-20(2)41-26-13-11-24(12-14-26)31(40)37(32)25(17-34-29(39)18-33-4)16-22-7-9-23(10-8-22)28-19-36-15-5-6-27(21(3)38)30(36)35-28/h5-15,19-21,25,33,38H,16-18H2,1-4H3,(H,34,39)/t21-,25-/m0/s1. The number of hydrogen-bond acceptors (Lipinski definition) is 6. The summed E-state index contributed by atoms with van der Waals surface area (Å²) in [5, 5.41) is 15.8. The first-order valence-corrected chi connectivity index (χ1v) is 13.9. The summed E-state index contributed by atoms with van der Waals surface area (Å²) in [7, 11) is 1.69. The SMILES string of the molecule is CNCC(=O)NC[C@H](Cc1ccc(-c2cn3cccc([C@H](C)O)c3n2)cc1)N(Cl)C(=O)c1ccc(OC(C)C)cc1. The first-order valence-electron chi connectivity index (χ1n) is 13.6. The molecule has 0 bridgehead atoms. The summed E-state index contributed by atoms with van der Waals surface area (Å²) in [6.07, 6.45) is 3.63. The molecule has 41 heavy (non-hydrogen) atoms. The Morgan fingerprint density at radius 3 is 2.41 bits per heavy atom. The van der Waals surface area contributed by atoms with Gasteiger partial charge >= 0.3 is 0 Å². The first-order chi connectivity index (χ1) is 19.7. The fraction of sp³-hybridized carbons (Fsp3) is 0.323. The summed E-state index contributed by atoms with van der Waals surface area (Å²) in [6, 6.07) is 17.9. The molecular weight excluding hydrogens is 542 g/mol. The number of carbonyl (C=O) groups is 2. The van der Waals surface area contributed by atoms with Crippen LogP contribution in [-0.4, -0.2) is 63.0 Å². The van der Waals surface area contributed by atoms with Crippen LogP contribution in [0.15, 0.2) is 73.1 Å². The monoisotopic (exact) mass is 577 g/mol. The fourth-order valence-electron chi connectivity index (χ4n) is 4.51. The van der Waals surface area contributed by atoms with Crippen LogP contribution in [0.3, 0.4) is 0 Å². The lowest BCUT2D eigenvalue weighted by molar-refractivity contribution is -0.120. The van der Waals surface area contributed by atoms with Gasteiger partial charge in [-0.25, -0.2) is 9.40 Å². The third-order valence-corrected chi connectivity index (χ3v) is 6.97. The van der Waals surface area contributed by atoms with Gasteiger partial charge in [0, 0.05) is 47.4 Å². The fourth-order valence-corrected chi connectivity index (χ4v) is 4.74. The Bertz CT molecular complexity index is 1470. The molecule has 2 aromatic heterocycles. The number of benzene rings is 2. The van der Waals surface area contributed by atoms with E-state index in [1.165, 1.54) is 0 Å². The van der Waals surface area contributed by atoms with E-state index in [1.807, 2.05) is 67.0 Å². The molecule has 216 valence electrons. The van der Waals surface area contributed by atoms with E-state index in [1.54, 1.807) is 38.2 Å². The Labute approximate surface area is 245 Å². The van der Waals surface area contributed by atoms with Gasteiger partial charge in [-0.15, -0.1) is 0 Å². The molecule has 9 nitrogen and oxygen atoms in total. The van der Waals surface area contributed by atoms with E-state index >= 15 is 0 Å². The van der Waals surface area contributed by atoms with Crippen LogP contribution in [0.25, 0.3) is 16.9 Å². The number of aromatic nitrogens is 2. The Morgan fingerprint density at radius 1 is 1.07 bits per heavy atom. The quantitative estimate of drug-likeness (QED) is 0.216. The molecule has 0 saturated heterocycles. The number of aliphatic hydroxyl groups is 1. The Kier molecular flexibility index (Phi) is 9.99. The second-order valence-corrected chi connectivity index (χ2v) is 10.6. The molecule has 0 unspecified atom stereocenters. The van der Waals surface area contributed by atoms with Crippen molar-refractivity contribution in [1.82, 2.24) is 24.4 Å². The maximum atomic E-state index is 13.3. The van der Waals surface area contributed by atoms with Crippen LogP contribution in [0.5, 0.6) is 5.75 Å². The van der Waals surface area contributed by atoms with E-state index in [-0.39, 0.29) is 31.0 Å². The summed E-state index contributed by atoms with van der Waals surface area (Å²) in [4.78, 5) is 30.2. The molecule has 4 rings (SSSR count). The number of carbonyl (C=O) groups excluding carboxylic acids is 2. The van der Waals surface area contributed by atoms with E-state index in [2.05, 4.69) is 10.6 Å². The Morgan fingerprint density at radius 2 is 1.78 bits per heavy atom. The van der Waals surface area contributed by atoms with Crippen LogP contribution in [0.4, 0.5) is 0 Å². The molecule has 10 heteroatoms. The summed E-state index contributed by atoms with van der Waals surface area (Å²) < 4.78 is 8.73. The molecule has 3 N–H and O–H groups in total. The molecule has 2 aromatic carbocycles. The van der Waals surface area contributed by atoms with Crippen molar-refractivity contribution in [2.24, 2.45) is 0 Å². The zero-order chi connectivity index (χ0) is 29.5. The van der Waals surface area contributed by atoms with Crippen LogP contribution < -0.4 is 15.4 Å². The predicted octanol–water partition coefficient (Wildman–Crippen LogP) is 4.38. The normalized spacial score (nSPS) is 12.8. The number of pyridine rings is 1. The van der Waals surface area contributed by atoms with Gasteiger partial charge in [0.05, 0.1) is 30.5 Å². The summed E-state index contributed by atoms with van der Waals surface area (Å²) >= 11 is 6.63. The predicted molar refractivity (Wildman–Crippen MR) is 160 cm³/mol. The molecule has 0 radical (unpaired) electrons. The number of hydrogen-bond donors (Lipinski definition) is 3. The number of likely N-dealkylation sites (N-methyl/N-ethyl adjacent to an activating group) is 1. The highest BCUT2D eigenvalue weighted by Gasteiger charge is 2.25. The molecular formula is C31H36ClN5O4. The zero-order valence-electron chi connectivity index (χ0n) is 23.7. The highest BCUT2D eigenvalue weighted by Crippen LogP contribution is 2.25. The zero-order valence-corrected chi connectivity index (χ0v) is 24.4. The summed E-state index contributed by atoms with van der Waals surface area (Å²) in [5.74, 6) is 0.108. The average molecular weight is 578 g/mol. The topological polar surface area (TPSA) is 108 Å². The van der Waals surface area contributed by atoms with Gasteiger partial charge in [-0.3, -0.25) is 9.59 Å².